The van der Waals surface area contributed by atoms with Crippen LogP contribution in [0.4, 0.5) is 11.4 Å². The highest BCUT2D eigenvalue weighted by atomic mass is 16.2. The SMILES string of the molecule is CCN(CC)c1ccc(/C=N/NC(=O)C(=O)Nc2ccccc2C)cc1. The van der Waals surface area contributed by atoms with Crippen molar-refractivity contribution in [3.63, 3.8) is 0 Å². The van der Waals surface area contributed by atoms with Gasteiger partial charge in [-0.3, -0.25) is 9.59 Å². The first kappa shape index (κ1) is 19.2. The number of carbonyl (C=O) groups is 2. The minimum Gasteiger partial charge on any atom is -0.372 e. The molecular formula is C20H24N4O2. The Labute approximate surface area is 153 Å². The van der Waals surface area contributed by atoms with Gasteiger partial charge in [0.15, 0.2) is 0 Å². The maximum absolute atomic E-state index is 11.9. The van der Waals surface area contributed by atoms with Crippen LogP contribution < -0.4 is 15.6 Å². The molecule has 0 heterocycles. The van der Waals surface area contributed by atoms with Gasteiger partial charge in [-0.25, -0.2) is 5.43 Å². The largest absolute Gasteiger partial charge is 0.372 e. The first-order valence-corrected chi connectivity index (χ1v) is 8.60. The van der Waals surface area contributed by atoms with Crippen LogP contribution in [-0.4, -0.2) is 31.1 Å². The third-order valence-electron chi connectivity index (χ3n) is 4.00. The van der Waals surface area contributed by atoms with Crippen molar-refractivity contribution in [3.05, 3.63) is 59.7 Å². The summed E-state index contributed by atoms with van der Waals surface area (Å²) in [6.07, 6.45) is 1.50. The van der Waals surface area contributed by atoms with Crippen molar-refractivity contribution in [1.82, 2.24) is 5.43 Å². The van der Waals surface area contributed by atoms with Crippen molar-refractivity contribution < 1.29 is 9.59 Å². The number of amides is 2. The molecular weight excluding hydrogens is 328 g/mol. The van der Waals surface area contributed by atoms with E-state index in [1.54, 1.807) is 12.1 Å². The molecule has 26 heavy (non-hydrogen) atoms. The van der Waals surface area contributed by atoms with E-state index in [2.05, 4.69) is 34.6 Å². The van der Waals surface area contributed by atoms with Gasteiger partial charge in [0, 0.05) is 24.5 Å². The van der Waals surface area contributed by atoms with Crippen molar-refractivity contribution in [2.75, 3.05) is 23.3 Å². The molecule has 2 rings (SSSR count). The molecule has 0 spiro atoms. The molecule has 2 N–H and O–H groups in total. The van der Waals surface area contributed by atoms with Gasteiger partial charge in [0.05, 0.1) is 6.21 Å². The van der Waals surface area contributed by atoms with Crippen molar-refractivity contribution in [2.45, 2.75) is 20.8 Å². The van der Waals surface area contributed by atoms with Crippen LogP contribution in [-0.2, 0) is 9.59 Å². The van der Waals surface area contributed by atoms with Crippen molar-refractivity contribution in [3.8, 4) is 0 Å². The molecule has 0 fully saturated rings. The average molecular weight is 352 g/mol. The zero-order chi connectivity index (χ0) is 18.9. The maximum atomic E-state index is 11.9. The Balaban J connectivity index is 1.90. The predicted octanol–water partition coefficient (Wildman–Crippen LogP) is 2.93. The number of hydrogen-bond acceptors (Lipinski definition) is 4. The lowest BCUT2D eigenvalue weighted by Gasteiger charge is -2.20. The van der Waals surface area contributed by atoms with Crippen molar-refractivity contribution in [1.29, 1.82) is 0 Å². The molecule has 0 aliphatic carbocycles. The highest BCUT2D eigenvalue weighted by molar-refractivity contribution is 6.39. The number of benzene rings is 2. The van der Waals surface area contributed by atoms with E-state index in [0.29, 0.717) is 5.69 Å². The summed E-state index contributed by atoms with van der Waals surface area (Å²) >= 11 is 0. The summed E-state index contributed by atoms with van der Waals surface area (Å²) in [5, 5.41) is 6.40. The molecule has 2 amide bonds. The number of para-hydroxylation sites is 1. The Hall–Kier alpha value is -3.15. The van der Waals surface area contributed by atoms with Gasteiger partial charge in [-0.1, -0.05) is 30.3 Å². The summed E-state index contributed by atoms with van der Waals surface area (Å²) in [4.78, 5) is 26.0. The van der Waals surface area contributed by atoms with Gasteiger partial charge in [-0.2, -0.15) is 5.10 Å². The summed E-state index contributed by atoms with van der Waals surface area (Å²) < 4.78 is 0. The Bertz CT molecular complexity index is 781. The fourth-order valence-corrected chi connectivity index (χ4v) is 2.47. The van der Waals surface area contributed by atoms with Gasteiger partial charge < -0.3 is 10.2 Å². The van der Waals surface area contributed by atoms with E-state index < -0.39 is 11.8 Å². The van der Waals surface area contributed by atoms with E-state index in [1.165, 1.54) is 6.21 Å². The van der Waals surface area contributed by atoms with Crippen LogP contribution in [0.1, 0.15) is 25.0 Å². The second-order valence-electron chi connectivity index (χ2n) is 5.73. The molecule has 0 aromatic heterocycles. The van der Waals surface area contributed by atoms with Crippen LogP contribution in [0.5, 0.6) is 0 Å². The van der Waals surface area contributed by atoms with E-state index in [4.69, 9.17) is 0 Å². The third-order valence-corrected chi connectivity index (χ3v) is 4.00. The van der Waals surface area contributed by atoms with Crippen LogP contribution >= 0.6 is 0 Å². The van der Waals surface area contributed by atoms with Gasteiger partial charge in [-0.15, -0.1) is 0 Å². The lowest BCUT2D eigenvalue weighted by molar-refractivity contribution is -0.136. The van der Waals surface area contributed by atoms with Crippen LogP contribution in [0.25, 0.3) is 0 Å². The topological polar surface area (TPSA) is 73.8 Å². The highest BCUT2D eigenvalue weighted by Gasteiger charge is 2.13. The number of nitrogens with zero attached hydrogens (tertiary/aromatic N) is 2. The van der Waals surface area contributed by atoms with Gasteiger partial charge in [0.1, 0.15) is 0 Å². The zero-order valence-corrected chi connectivity index (χ0v) is 15.3. The van der Waals surface area contributed by atoms with E-state index in [-0.39, 0.29) is 0 Å². The lowest BCUT2D eigenvalue weighted by atomic mass is 10.2. The second kappa shape index (κ2) is 9.36. The number of hydrazone groups is 1. The maximum Gasteiger partial charge on any atom is 0.329 e. The Kier molecular flexibility index (Phi) is 6.91. The summed E-state index contributed by atoms with van der Waals surface area (Å²) in [5.41, 5.74) is 5.69. The van der Waals surface area contributed by atoms with Crippen LogP contribution in [0.2, 0.25) is 0 Å². The fraction of sp³-hybridized carbons (Fsp3) is 0.250. The molecule has 0 aliphatic heterocycles. The molecule has 6 nitrogen and oxygen atoms in total. The number of hydrogen-bond donors (Lipinski definition) is 2. The van der Waals surface area contributed by atoms with E-state index in [1.807, 2.05) is 43.3 Å². The summed E-state index contributed by atoms with van der Waals surface area (Å²) in [6.45, 7) is 7.95. The first-order valence-electron chi connectivity index (χ1n) is 8.60. The Morgan fingerprint density at radius 3 is 2.27 bits per heavy atom. The highest BCUT2D eigenvalue weighted by Crippen LogP contribution is 2.14. The summed E-state index contributed by atoms with van der Waals surface area (Å²) in [6, 6.07) is 15.1. The van der Waals surface area contributed by atoms with Crippen molar-refractivity contribution in [2.24, 2.45) is 5.10 Å². The number of anilines is 2. The molecule has 0 unspecified atom stereocenters. The molecule has 2 aromatic rings. The quantitative estimate of drug-likeness (QED) is 0.477. The van der Waals surface area contributed by atoms with Gasteiger partial charge in [0.25, 0.3) is 0 Å². The summed E-state index contributed by atoms with van der Waals surface area (Å²) in [5.74, 6) is -1.57. The Morgan fingerprint density at radius 1 is 1.00 bits per heavy atom. The Morgan fingerprint density at radius 2 is 1.65 bits per heavy atom. The minimum atomic E-state index is -0.815. The molecule has 0 saturated heterocycles. The van der Waals surface area contributed by atoms with Gasteiger partial charge in [-0.05, 0) is 50.1 Å². The second-order valence-corrected chi connectivity index (χ2v) is 5.73. The third kappa shape index (κ3) is 5.17. The number of nitrogens with one attached hydrogen (secondary N) is 2. The molecule has 0 aliphatic rings. The van der Waals surface area contributed by atoms with Gasteiger partial charge >= 0.3 is 11.8 Å². The molecule has 0 saturated carbocycles. The standard InChI is InChI=1S/C20H24N4O2/c1-4-24(5-2)17-12-10-16(11-13-17)14-21-23-20(26)19(25)22-18-9-7-6-8-15(18)3/h6-14H,4-5H2,1-3H3,(H,22,25)(H,23,26)/b21-14+. The number of aryl methyl sites for hydroxylation is 1. The molecule has 2 aromatic carbocycles. The normalized spacial score (nSPS) is 10.6. The van der Waals surface area contributed by atoms with Crippen LogP contribution in [0, 0.1) is 6.92 Å². The monoisotopic (exact) mass is 352 g/mol. The zero-order valence-electron chi connectivity index (χ0n) is 15.3. The molecule has 0 atom stereocenters. The van der Waals surface area contributed by atoms with Crippen LogP contribution in [0.3, 0.4) is 0 Å². The van der Waals surface area contributed by atoms with E-state index >= 15 is 0 Å². The summed E-state index contributed by atoms with van der Waals surface area (Å²) in [7, 11) is 0. The lowest BCUT2D eigenvalue weighted by Crippen LogP contribution is -2.32. The first-order chi connectivity index (χ1) is 12.5. The fourth-order valence-electron chi connectivity index (χ4n) is 2.47. The number of rotatable bonds is 6. The minimum absolute atomic E-state index is 0.601. The average Bonchev–Trinajstić information content (AvgIpc) is 2.65. The van der Waals surface area contributed by atoms with E-state index in [9.17, 15) is 9.59 Å². The molecule has 0 radical (unpaired) electrons. The van der Waals surface area contributed by atoms with Crippen molar-refractivity contribution >= 4 is 29.4 Å². The molecule has 0 bridgehead atoms. The molecule has 136 valence electrons. The number of carbonyl (C=O) groups excluding carboxylic acids is 2. The van der Waals surface area contributed by atoms with Gasteiger partial charge in [0.2, 0.25) is 0 Å². The predicted molar refractivity (Wildman–Crippen MR) is 106 cm³/mol. The molecule has 6 heteroatoms. The van der Waals surface area contributed by atoms with Crippen LogP contribution in [0.15, 0.2) is 53.6 Å². The smallest absolute Gasteiger partial charge is 0.329 e. The van der Waals surface area contributed by atoms with E-state index in [0.717, 1.165) is 29.9 Å².